The predicted molar refractivity (Wildman–Crippen MR) is 86.4 cm³/mol. The van der Waals surface area contributed by atoms with Gasteiger partial charge in [-0.3, -0.25) is 14.9 Å². The third-order valence-electron chi connectivity index (χ3n) is 3.26. The van der Waals surface area contributed by atoms with E-state index in [-0.39, 0.29) is 36.0 Å². The molecule has 7 heteroatoms. The SMILES string of the molecule is O=C(c1ccc(Cl)cc1[N+](=O)[O-])N(CCO)Cc1ccccc1. The minimum Gasteiger partial charge on any atom is -0.395 e. The Morgan fingerprint density at radius 3 is 2.52 bits per heavy atom. The van der Waals surface area contributed by atoms with Crippen LogP contribution >= 0.6 is 11.6 Å². The number of benzene rings is 2. The smallest absolute Gasteiger partial charge is 0.283 e. The molecule has 0 aliphatic carbocycles. The molecule has 0 heterocycles. The van der Waals surface area contributed by atoms with Crippen molar-refractivity contribution in [3.05, 3.63) is 74.8 Å². The third kappa shape index (κ3) is 4.28. The van der Waals surface area contributed by atoms with Gasteiger partial charge in [0.15, 0.2) is 0 Å². The molecule has 0 spiro atoms. The Kier molecular flexibility index (Phi) is 5.67. The maximum atomic E-state index is 12.6. The van der Waals surface area contributed by atoms with Crippen molar-refractivity contribution in [1.29, 1.82) is 0 Å². The van der Waals surface area contributed by atoms with Gasteiger partial charge in [0.25, 0.3) is 11.6 Å². The van der Waals surface area contributed by atoms with Crippen LogP contribution in [0.3, 0.4) is 0 Å². The number of amides is 1. The van der Waals surface area contributed by atoms with E-state index in [1.165, 1.54) is 17.0 Å². The summed E-state index contributed by atoms with van der Waals surface area (Å²) in [4.78, 5) is 24.5. The Hall–Kier alpha value is -2.44. The van der Waals surface area contributed by atoms with Gasteiger partial charge in [-0.1, -0.05) is 41.9 Å². The number of carbonyl (C=O) groups excluding carboxylic acids is 1. The Bertz CT molecular complexity index is 706. The standard InChI is InChI=1S/C16H15ClN2O4/c17-13-6-7-14(15(10-13)19(22)23)16(21)18(8-9-20)11-12-4-2-1-3-5-12/h1-7,10,20H,8-9,11H2. The van der Waals surface area contributed by atoms with Crippen LogP contribution in [0.5, 0.6) is 0 Å². The number of nitrogens with zero attached hydrogens (tertiary/aromatic N) is 2. The van der Waals surface area contributed by atoms with Crippen molar-refractivity contribution < 1.29 is 14.8 Å². The first-order chi connectivity index (χ1) is 11.0. The van der Waals surface area contributed by atoms with E-state index in [0.29, 0.717) is 0 Å². The third-order valence-corrected chi connectivity index (χ3v) is 3.50. The molecule has 0 saturated carbocycles. The number of aliphatic hydroxyl groups is 1. The van der Waals surface area contributed by atoms with Gasteiger partial charge in [0, 0.05) is 24.2 Å². The number of nitro groups is 1. The number of hydrogen-bond acceptors (Lipinski definition) is 4. The van der Waals surface area contributed by atoms with Gasteiger partial charge in [0.05, 0.1) is 11.5 Å². The lowest BCUT2D eigenvalue weighted by Gasteiger charge is -2.22. The summed E-state index contributed by atoms with van der Waals surface area (Å²) in [6.45, 7) is 0.0908. The van der Waals surface area contributed by atoms with E-state index in [9.17, 15) is 20.0 Å². The molecule has 0 aliphatic rings. The highest BCUT2D eigenvalue weighted by Gasteiger charge is 2.25. The molecule has 0 radical (unpaired) electrons. The molecule has 0 bridgehead atoms. The Balaban J connectivity index is 2.33. The van der Waals surface area contributed by atoms with Gasteiger partial charge < -0.3 is 10.0 Å². The van der Waals surface area contributed by atoms with Gasteiger partial charge in [-0.25, -0.2) is 0 Å². The molecule has 0 aliphatic heterocycles. The Morgan fingerprint density at radius 2 is 1.91 bits per heavy atom. The molecule has 1 N–H and O–H groups in total. The zero-order valence-corrected chi connectivity index (χ0v) is 12.9. The summed E-state index contributed by atoms with van der Waals surface area (Å²) in [7, 11) is 0. The molecule has 2 rings (SSSR count). The van der Waals surface area contributed by atoms with E-state index in [4.69, 9.17) is 11.6 Å². The summed E-state index contributed by atoms with van der Waals surface area (Å²) in [6, 6.07) is 13.1. The van der Waals surface area contributed by atoms with Crippen LogP contribution in [0.2, 0.25) is 5.02 Å². The van der Waals surface area contributed by atoms with Gasteiger partial charge in [-0.05, 0) is 17.7 Å². The van der Waals surface area contributed by atoms with Crippen LogP contribution in [0.4, 0.5) is 5.69 Å². The number of hydrogen-bond donors (Lipinski definition) is 1. The lowest BCUT2D eigenvalue weighted by molar-refractivity contribution is -0.385. The van der Waals surface area contributed by atoms with Gasteiger partial charge in [0.1, 0.15) is 5.56 Å². The summed E-state index contributed by atoms with van der Waals surface area (Å²) >= 11 is 5.77. The van der Waals surface area contributed by atoms with Crippen molar-refractivity contribution in [2.45, 2.75) is 6.54 Å². The number of rotatable bonds is 6. The highest BCUT2D eigenvalue weighted by Crippen LogP contribution is 2.25. The largest absolute Gasteiger partial charge is 0.395 e. The van der Waals surface area contributed by atoms with E-state index in [2.05, 4.69) is 0 Å². The quantitative estimate of drug-likeness (QED) is 0.650. The first-order valence-electron chi connectivity index (χ1n) is 6.91. The minimum absolute atomic E-state index is 0.0521. The van der Waals surface area contributed by atoms with Gasteiger partial charge in [-0.2, -0.15) is 0 Å². The zero-order chi connectivity index (χ0) is 16.8. The molecule has 0 unspecified atom stereocenters. The van der Waals surface area contributed by atoms with E-state index < -0.39 is 10.8 Å². The molecule has 0 saturated heterocycles. The van der Waals surface area contributed by atoms with Crippen molar-refractivity contribution in [3.63, 3.8) is 0 Å². The first kappa shape index (κ1) is 16.9. The van der Waals surface area contributed by atoms with E-state index in [1.54, 1.807) is 0 Å². The summed E-state index contributed by atoms with van der Waals surface area (Å²) in [6.07, 6.45) is 0. The summed E-state index contributed by atoms with van der Waals surface area (Å²) in [5.74, 6) is -0.522. The molecule has 2 aromatic carbocycles. The van der Waals surface area contributed by atoms with E-state index in [0.717, 1.165) is 11.6 Å². The summed E-state index contributed by atoms with van der Waals surface area (Å²) in [5.41, 5.74) is 0.466. The highest BCUT2D eigenvalue weighted by molar-refractivity contribution is 6.31. The van der Waals surface area contributed by atoms with Crippen molar-refractivity contribution in [2.75, 3.05) is 13.2 Å². The fourth-order valence-electron chi connectivity index (χ4n) is 2.18. The van der Waals surface area contributed by atoms with Gasteiger partial charge in [-0.15, -0.1) is 0 Å². The van der Waals surface area contributed by atoms with Crippen molar-refractivity contribution in [1.82, 2.24) is 4.90 Å². The minimum atomic E-state index is -0.640. The highest BCUT2D eigenvalue weighted by atomic mass is 35.5. The molecule has 0 aromatic heterocycles. The second-order valence-corrected chi connectivity index (χ2v) is 5.29. The van der Waals surface area contributed by atoms with Crippen LogP contribution < -0.4 is 0 Å². The second kappa shape index (κ2) is 7.71. The Morgan fingerprint density at radius 1 is 1.22 bits per heavy atom. The van der Waals surface area contributed by atoms with Gasteiger partial charge >= 0.3 is 0 Å². The molecule has 23 heavy (non-hydrogen) atoms. The van der Waals surface area contributed by atoms with Crippen LogP contribution in [-0.2, 0) is 6.54 Å². The monoisotopic (exact) mass is 334 g/mol. The lowest BCUT2D eigenvalue weighted by Crippen LogP contribution is -2.33. The zero-order valence-electron chi connectivity index (χ0n) is 12.2. The molecule has 6 nitrogen and oxygen atoms in total. The first-order valence-corrected chi connectivity index (χ1v) is 7.28. The molecule has 2 aromatic rings. The molecular formula is C16H15ClN2O4. The van der Waals surface area contributed by atoms with Crippen LogP contribution in [0.25, 0.3) is 0 Å². The van der Waals surface area contributed by atoms with Crippen molar-refractivity contribution in [2.24, 2.45) is 0 Å². The van der Waals surface area contributed by atoms with E-state index in [1.807, 2.05) is 30.3 Å². The van der Waals surface area contributed by atoms with Crippen molar-refractivity contribution in [3.8, 4) is 0 Å². The van der Waals surface area contributed by atoms with Crippen LogP contribution in [-0.4, -0.2) is 34.0 Å². The van der Waals surface area contributed by atoms with Crippen molar-refractivity contribution >= 4 is 23.2 Å². The lowest BCUT2D eigenvalue weighted by atomic mass is 10.1. The molecule has 0 atom stereocenters. The average molecular weight is 335 g/mol. The number of nitro benzene ring substituents is 1. The maximum Gasteiger partial charge on any atom is 0.283 e. The number of aliphatic hydroxyl groups excluding tert-OH is 1. The van der Waals surface area contributed by atoms with Crippen LogP contribution in [0.1, 0.15) is 15.9 Å². The fraction of sp³-hybridized carbons (Fsp3) is 0.188. The summed E-state index contributed by atoms with van der Waals surface area (Å²) < 4.78 is 0. The van der Waals surface area contributed by atoms with Crippen LogP contribution in [0.15, 0.2) is 48.5 Å². The normalized spacial score (nSPS) is 10.3. The van der Waals surface area contributed by atoms with Crippen LogP contribution in [0, 0.1) is 10.1 Å². The summed E-state index contributed by atoms with van der Waals surface area (Å²) in [5, 5.41) is 20.5. The molecule has 120 valence electrons. The molecular weight excluding hydrogens is 320 g/mol. The average Bonchev–Trinajstić information content (AvgIpc) is 2.54. The van der Waals surface area contributed by atoms with Gasteiger partial charge in [0.2, 0.25) is 0 Å². The maximum absolute atomic E-state index is 12.6. The Labute approximate surface area is 138 Å². The number of halogens is 1. The number of carbonyl (C=O) groups is 1. The topological polar surface area (TPSA) is 83.7 Å². The fourth-order valence-corrected chi connectivity index (χ4v) is 2.35. The molecule has 1 amide bonds. The van der Waals surface area contributed by atoms with E-state index >= 15 is 0 Å². The molecule has 0 fully saturated rings. The predicted octanol–water partition coefficient (Wildman–Crippen LogP) is 2.88. The second-order valence-electron chi connectivity index (χ2n) is 4.85.